The average Bonchev–Trinajstić information content (AvgIpc) is 2.46. The van der Waals surface area contributed by atoms with Gasteiger partial charge in [-0.15, -0.1) is 0 Å². The smallest absolute Gasteiger partial charge is 0.242 e. The van der Waals surface area contributed by atoms with E-state index in [1.807, 2.05) is 0 Å². The summed E-state index contributed by atoms with van der Waals surface area (Å²) in [5, 5.41) is 1.54. The molecule has 0 aromatic heterocycles. The number of sulfonamides is 1. The highest BCUT2D eigenvalue weighted by Gasteiger charge is 2.20. The van der Waals surface area contributed by atoms with Gasteiger partial charge in [0.15, 0.2) is 5.78 Å². The summed E-state index contributed by atoms with van der Waals surface area (Å²) < 4.78 is 26.0. The number of carbonyl (C=O) groups is 2. The zero-order valence-electron chi connectivity index (χ0n) is 13.9. The van der Waals surface area contributed by atoms with E-state index in [4.69, 9.17) is 0 Å². The monoisotopic (exact) mass is 341 g/mol. The fourth-order valence-electron chi connectivity index (χ4n) is 1.93. The second-order valence-electron chi connectivity index (χ2n) is 5.44. The lowest BCUT2D eigenvalue weighted by Gasteiger charge is -2.17. The van der Waals surface area contributed by atoms with Gasteiger partial charge in [0.2, 0.25) is 15.9 Å². The summed E-state index contributed by atoms with van der Waals surface area (Å²) in [5.41, 5.74) is 3.06. The number of amides is 1. The van der Waals surface area contributed by atoms with E-state index in [1.165, 1.54) is 42.5 Å². The Balaban J connectivity index is 2.65. The van der Waals surface area contributed by atoms with Crippen molar-refractivity contribution in [3.63, 3.8) is 0 Å². The molecule has 0 aliphatic heterocycles. The second-order valence-corrected chi connectivity index (χ2v) is 7.48. The van der Waals surface area contributed by atoms with Crippen molar-refractivity contribution in [2.75, 3.05) is 27.7 Å². The minimum absolute atomic E-state index is 0.116. The number of benzene rings is 1. The van der Waals surface area contributed by atoms with Gasteiger partial charge in [0.05, 0.1) is 4.90 Å². The largest absolute Gasteiger partial charge is 0.295 e. The van der Waals surface area contributed by atoms with E-state index in [0.29, 0.717) is 12.0 Å². The molecule has 0 fully saturated rings. The van der Waals surface area contributed by atoms with Crippen LogP contribution in [0.15, 0.2) is 29.2 Å². The molecule has 1 aromatic rings. The highest BCUT2D eigenvalue weighted by Crippen LogP contribution is 2.16. The zero-order chi connectivity index (χ0) is 17.6. The lowest BCUT2D eigenvalue weighted by Crippen LogP contribution is -2.36. The van der Waals surface area contributed by atoms with Crippen LogP contribution in [0.2, 0.25) is 0 Å². The van der Waals surface area contributed by atoms with Gasteiger partial charge in [-0.25, -0.2) is 17.7 Å². The van der Waals surface area contributed by atoms with Crippen molar-refractivity contribution >= 4 is 21.7 Å². The van der Waals surface area contributed by atoms with E-state index >= 15 is 0 Å². The number of hydrogen-bond acceptors (Lipinski definition) is 5. The second kappa shape index (κ2) is 8.19. The van der Waals surface area contributed by atoms with Crippen LogP contribution in [0.4, 0.5) is 0 Å². The van der Waals surface area contributed by atoms with Crippen molar-refractivity contribution in [2.45, 2.75) is 24.7 Å². The van der Waals surface area contributed by atoms with Crippen molar-refractivity contribution in [3.05, 3.63) is 29.8 Å². The lowest BCUT2D eigenvalue weighted by molar-refractivity contribution is -0.124. The van der Waals surface area contributed by atoms with Crippen LogP contribution in [0.1, 0.15) is 30.1 Å². The summed E-state index contributed by atoms with van der Waals surface area (Å²) in [4.78, 5) is 22.9. The van der Waals surface area contributed by atoms with Gasteiger partial charge in [-0.05, 0) is 25.5 Å². The maximum atomic E-state index is 12.4. The fraction of sp³-hybridized carbons (Fsp3) is 0.467. The van der Waals surface area contributed by atoms with Gasteiger partial charge in [-0.2, -0.15) is 0 Å². The highest BCUT2D eigenvalue weighted by atomic mass is 32.2. The Morgan fingerprint density at radius 3 is 2.13 bits per heavy atom. The third-order valence-electron chi connectivity index (χ3n) is 3.19. The van der Waals surface area contributed by atoms with E-state index in [2.05, 4.69) is 5.43 Å². The van der Waals surface area contributed by atoms with Crippen molar-refractivity contribution < 1.29 is 18.0 Å². The number of hydrazine groups is 1. The van der Waals surface area contributed by atoms with Gasteiger partial charge in [0.1, 0.15) is 0 Å². The molecule has 7 nitrogen and oxygen atoms in total. The topological polar surface area (TPSA) is 86.8 Å². The molecule has 0 unspecified atom stereocenters. The molecule has 0 radical (unpaired) electrons. The molecule has 0 spiro atoms. The van der Waals surface area contributed by atoms with Crippen molar-refractivity contribution in [1.82, 2.24) is 14.7 Å². The van der Waals surface area contributed by atoms with Gasteiger partial charge >= 0.3 is 0 Å². The summed E-state index contributed by atoms with van der Waals surface area (Å²) >= 11 is 0. The Bertz CT molecular complexity index is 654. The molecule has 0 heterocycles. The van der Waals surface area contributed by atoms with E-state index in [9.17, 15) is 18.0 Å². The standard InChI is InChI=1S/C15H23N3O4S/c1-12(19)13-7-9-14(10-8-13)23(21,22)18(4)11-5-6-15(20)16-17(2)3/h7-10H,5-6,11H2,1-4H3,(H,16,20). The van der Waals surface area contributed by atoms with Gasteiger partial charge in [-0.1, -0.05) is 12.1 Å². The van der Waals surface area contributed by atoms with Crippen LogP contribution >= 0.6 is 0 Å². The van der Waals surface area contributed by atoms with Crippen LogP contribution in [0.3, 0.4) is 0 Å². The summed E-state index contributed by atoms with van der Waals surface area (Å²) in [6.07, 6.45) is 0.655. The Morgan fingerprint density at radius 1 is 1.09 bits per heavy atom. The third-order valence-corrected chi connectivity index (χ3v) is 5.07. The number of nitrogens with zero attached hydrogens (tertiary/aromatic N) is 2. The maximum absolute atomic E-state index is 12.4. The van der Waals surface area contributed by atoms with E-state index < -0.39 is 10.0 Å². The van der Waals surface area contributed by atoms with Crippen LogP contribution < -0.4 is 5.43 Å². The number of Topliss-reactive ketones (excluding diaryl/α,β-unsaturated/α-hetero) is 1. The van der Waals surface area contributed by atoms with Gasteiger partial charge in [0, 0.05) is 39.7 Å². The first-order valence-corrected chi connectivity index (χ1v) is 8.62. The first-order chi connectivity index (χ1) is 10.6. The third kappa shape index (κ3) is 5.74. The molecule has 0 saturated carbocycles. The van der Waals surface area contributed by atoms with Crippen molar-refractivity contribution in [2.24, 2.45) is 0 Å². The summed E-state index contributed by atoms with van der Waals surface area (Å²) in [6, 6.07) is 5.82. The Labute approximate surface area is 137 Å². The van der Waals surface area contributed by atoms with Crippen LogP contribution in [0.25, 0.3) is 0 Å². The van der Waals surface area contributed by atoms with Gasteiger partial charge in [-0.3, -0.25) is 15.0 Å². The van der Waals surface area contributed by atoms with E-state index in [1.54, 1.807) is 19.1 Å². The Hall–Kier alpha value is -1.77. The quantitative estimate of drug-likeness (QED) is 0.560. The predicted molar refractivity (Wildman–Crippen MR) is 87.3 cm³/mol. The highest BCUT2D eigenvalue weighted by molar-refractivity contribution is 7.89. The molecule has 23 heavy (non-hydrogen) atoms. The normalized spacial score (nSPS) is 11.7. The van der Waals surface area contributed by atoms with Crippen LogP contribution in [0.5, 0.6) is 0 Å². The first-order valence-electron chi connectivity index (χ1n) is 7.18. The molecular formula is C15H23N3O4S. The number of nitrogens with one attached hydrogen (secondary N) is 1. The number of carbonyl (C=O) groups excluding carboxylic acids is 2. The SMILES string of the molecule is CC(=O)c1ccc(S(=O)(=O)N(C)CCCC(=O)NN(C)C)cc1. The Kier molecular flexibility index (Phi) is 6.86. The summed E-state index contributed by atoms with van der Waals surface area (Å²) in [6.45, 7) is 1.66. The fourth-order valence-corrected chi connectivity index (χ4v) is 3.14. The molecular weight excluding hydrogens is 318 g/mol. The molecule has 1 rings (SSSR count). The molecule has 0 atom stereocenters. The Morgan fingerprint density at radius 2 is 1.65 bits per heavy atom. The summed E-state index contributed by atoms with van der Waals surface area (Å²) in [5.74, 6) is -0.277. The van der Waals surface area contributed by atoms with E-state index in [0.717, 1.165) is 0 Å². The van der Waals surface area contributed by atoms with E-state index in [-0.39, 0.29) is 29.6 Å². The molecule has 0 saturated heterocycles. The molecule has 0 bridgehead atoms. The zero-order valence-corrected chi connectivity index (χ0v) is 14.7. The first kappa shape index (κ1) is 19.3. The molecule has 0 aliphatic rings. The molecule has 8 heteroatoms. The number of rotatable bonds is 8. The van der Waals surface area contributed by atoms with Crippen LogP contribution in [-0.4, -0.2) is 57.1 Å². The molecule has 128 valence electrons. The maximum Gasteiger partial charge on any atom is 0.242 e. The molecule has 1 N–H and O–H groups in total. The average molecular weight is 341 g/mol. The van der Waals surface area contributed by atoms with Crippen molar-refractivity contribution in [3.8, 4) is 0 Å². The molecule has 1 amide bonds. The predicted octanol–water partition coefficient (Wildman–Crippen LogP) is 0.883. The number of ketones is 1. The summed E-state index contributed by atoms with van der Waals surface area (Å²) in [7, 11) is 1.26. The molecule has 0 aliphatic carbocycles. The minimum atomic E-state index is -3.62. The number of hydrogen-bond donors (Lipinski definition) is 1. The van der Waals surface area contributed by atoms with Crippen LogP contribution in [0, 0.1) is 0 Å². The van der Waals surface area contributed by atoms with Crippen LogP contribution in [-0.2, 0) is 14.8 Å². The van der Waals surface area contributed by atoms with Crippen molar-refractivity contribution in [1.29, 1.82) is 0 Å². The van der Waals surface area contributed by atoms with Gasteiger partial charge < -0.3 is 0 Å². The van der Waals surface area contributed by atoms with Gasteiger partial charge in [0.25, 0.3) is 0 Å². The minimum Gasteiger partial charge on any atom is -0.295 e. The molecule has 1 aromatic carbocycles. The lowest BCUT2D eigenvalue weighted by atomic mass is 10.2.